The van der Waals surface area contributed by atoms with E-state index in [-0.39, 0.29) is 18.2 Å². The Morgan fingerprint density at radius 3 is 2.64 bits per heavy atom. The maximum absolute atomic E-state index is 9.47. The van der Waals surface area contributed by atoms with Crippen LogP contribution in [0.15, 0.2) is 18.2 Å². The summed E-state index contributed by atoms with van der Waals surface area (Å²) in [6.07, 6.45) is 0.929. The lowest BCUT2D eigenvalue weighted by molar-refractivity contribution is 0.299. The van der Waals surface area contributed by atoms with E-state index in [0.29, 0.717) is 18.9 Å². The number of aromatic hydroxyl groups is 1. The van der Waals surface area contributed by atoms with E-state index in [2.05, 4.69) is 0 Å². The third kappa shape index (κ3) is 3.44. The average Bonchev–Trinajstić information content (AvgIpc) is 2.16. The fourth-order valence-corrected chi connectivity index (χ4v) is 1.02. The number of benzene rings is 1. The number of rotatable bonds is 4. The lowest BCUT2D eigenvalue weighted by atomic mass is 10.2. The molecule has 0 heterocycles. The third-order valence-corrected chi connectivity index (χ3v) is 1.72. The minimum absolute atomic E-state index is 0. The predicted molar refractivity (Wildman–Crippen MR) is 59.0 cm³/mol. The molecule has 0 atom stereocenters. The first-order valence-electron chi connectivity index (χ1n) is 4.42. The van der Waals surface area contributed by atoms with Gasteiger partial charge in [0.15, 0.2) is 11.5 Å². The third-order valence-electron chi connectivity index (χ3n) is 1.72. The van der Waals surface area contributed by atoms with Crippen LogP contribution in [0.3, 0.4) is 0 Å². The first kappa shape index (κ1) is 13.1. The van der Waals surface area contributed by atoms with Crippen molar-refractivity contribution < 1.29 is 9.84 Å². The summed E-state index contributed by atoms with van der Waals surface area (Å²) >= 11 is 0. The van der Waals surface area contributed by atoms with Gasteiger partial charge in [-0.2, -0.15) is 0 Å². The molecule has 0 unspecified atom stereocenters. The summed E-state index contributed by atoms with van der Waals surface area (Å²) in [4.78, 5) is 0. The monoisotopic (exact) mass is 217 g/mol. The molecule has 3 N–H and O–H groups in total. The van der Waals surface area contributed by atoms with Crippen LogP contribution in [-0.2, 0) is 6.54 Å². The van der Waals surface area contributed by atoms with Crippen molar-refractivity contribution in [3.8, 4) is 11.5 Å². The van der Waals surface area contributed by atoms with Gasteiger partial charge in [0, 0.05) is 6.54 Å². The van der Waals surface area contributed by atoms with E-state index in [1.165, 1.54) is 0 Å². The Morgan fingerprint density at radius 1 is 1.43 bits per heavy atom. The van der Waals surface area contributed by atoms with Gasteiger partial charge in [-0.25, -0.2) is 0 Å². The van der Waals surface area contributed by atoms with Gasteiger partial charge in [-0.05, 0) is 24.1 Å². The molecule has 0 aliphatic heterocycles. The second kappa shape index (κ2) is 6.51. The first-order chi connectivity index (χ1) is 6.27. The Morgan fingerprint density at radius 2 is 2.14 bits per heavy atom. The second-order valence-corrected chi connectivity index (χ2v) is 2.85. The van der Waals surface area contributed by atoms with Crippen molar-refractivity contribution in [2.45, 2.75) is 19.9 Å². The number of hydrogen-bond acceptors (Lipinski definition) is 3. The van der Waals surface area contributed by atoms with Crippen molar-refractivity contribution in [1.29, 1.82) is 0 Å². The fraction of sp³-hybridized carbons (Fsp3) is 0.400. The maximum atomic E-state index is 9.47. The highest BCUT2D eigenvalue weighted by molar-refractivity contribution is 5.85. The lowest BCUT2D eigenvalue weighted by Crippen LogP contribution is -1.98. The van der Waals surface area contributed by atoms with Gasteiger partial charge in [-0.3, -0.25) is 0 Å². The average molecular weight is 218 g/mol. The minimum atomic E-state index is 0. The molecule has 1 aromatic carbocycles. The Kier molecular flexibility index (Phi) is 6.08. The SMILES string of the molecule is CCCOc1ccc(CN)cc1O.Cl. The van der Waals surface area contributed by atoms with Crippen LogP contribution in [0.4, 0.5) is 0 Å². The van der Waals surface area contributed by atoms with Crippen molar-refractivity contribution in [3.63, 3.8) is 0 Å². The zero-order valence-electron chi connectivity index (χ0n) is 8.19. The molecule has 3 nitrogen and oxygen atoms in total. The number of hydrogen-bond donors (Lipinski definition) is 2. The number of nitrogens with two attached hydrogens (primary N) is 1. The molecular formula is C10H16ClNO2. The van der Waals surface area contributed by atoms with Gasteiger partial charge < -0.3 is 15.6 Å². The molecule has 0 amide bonds. The predicted octanol–water partition coefficient (Wildman–Crippen LogP) is 2.06. The molecule has 0 saturated carbocycles. The van der Waals surface area contributed by atoms with Crippen LogP contribution >= 0.6 is 12.4 Å². The maximum Gasteiger partial charge on any atom is 0.160 e. The molecule has 0 saturated heterocycles. The highest BCUT2D eigenvalue weighted by Gasteiger charge is 2.01. The van der Waals surface area contributed by atoms with E-state index >= 15 is 0 Å². The normalized spacial score (nSPS) is 9.29. The Balaban J connectivity index is 0.00000169. The van der Waals surface area contributed by atoms with Gasteiger partial charge >= 0.3 is 0 Å². The number of ether oxygens (including phenoxy) is 1. The Labute approximate surface area is 90.3 Å². The van der Waals surface area contributed by atoms with E-state index in [1.807, 2.05) is 13.0 Å². The van der Waals surface area contributed by atoms with Crippen LogP contribution in [0.2, 0.25) is 0 Å². The smallest absolute Gasteiger partial charge is 0.160 e. The van der Waals surface area contributed by atoms with Crippen molar-refractivity contribution in [3.05, 3.63) is 23.8 Å². The van der Waals surface area contributed by atoms with Crippen molar-refractivity contribution in [2.24, 2.45) is 5.73 Å². The van der Waals surface area contributed by atoms with Crippen LogP contribution in [0.1, 0.15) is 18.9 Å². The molecule has 0 fully saturated rings. The summed E-state index contributed by atoms with van der Waals surface area (Å²) in [6.45, 7) is 3.07. The highest BCUT2D eigenvalue weighted by atomic mass is 35.5. The van der Waals surface area contributed by atoms with E-state index in [4.69, 9.17) is 10.5 Å². The van der Waals surface area contributed by atoms with Crippen LogP contribution in [0.5, 0.6) is 11.5 Å². The summed E-state index contributed by atoms with van der Waals surface area (Å²) in [5, 5.41) is 9.47. The molecule has 0 spiro atoms. The first-order valence-corrected chi connectivity index (χ1v) is 4.42. The molecule has 0 aliphatic rings. The molecule has 0 aliphatic carbocycles. The van der Waals surface area contributed by atoms with E-state index in [0.717, 1.165) is 12.0 Å². The summed E-state index contributed by atoms with van der Waals surface area (Å²) in [6, 6.07) is 5.23. The van der Waals surface area contributed by atoms with Crippen molar-refractivity contribution in [1.82, 2.24) is 0 Å². The molecule has 1 aromatic rings. The zero-order valence-corrected chi connectivity index (χ0v) is 9.01. The molecule has 0 radical (unpaired) electrons. The van der Waals surface area contributed by atoms with Gasteiger partial charge in [-0.1, -0.05) is 13.0 Å². The highest BCUT2D eigenvalue weighted by Crippen LogP contribution is 2.26. The summed E-state index contributed by atoms with van der Waals surface area (Å²) < 4.78 is 5.29. The summed E-state index contributed by atoms with van der Waals surface area (Å²) in [7, 11) is 0. The van der Waals surface area contributed by atoms with Gasteiger partial charge in [0.2, 0.25) is 0 Å². The topological polar surface area (TPSA) is 55.5 Å². The minimum Gasteiger partial charge on any atom is -0.504 e. The summed E-state index contributed by atoms with van der Waals surface area (Å²) in [5.41, 5.74) is 6.32. The zero-order chi connectivity index (χ0) is 9.68. The molecule has 4 heteroatoms. The van der Waals surface area contributed by atoms with E-state index in [9.17, 15) is 5.11 Å². The van der Waals surface area contributed by atoms with Gasteiger partial charge in [0.05, 0.1) is 6.61 Å². The van der Waals surface area contributed by atoms with Crippen LogP contribution in [0, 0.1) is 0 Å². The standard InChI is InChI=1S/C10H15NO2.ClH/c1-2-5-13-10-4-3-8(7-11)6-9(10)12;/h3-4,6,12H,2,5,7,11H2,1H3;1H. The Bertz CT molecular complexity index is 279. The summed E-state index contributed by atoms with van der Waals surface area (Å²) in [5.74, 6) is 0.690. The molecular weight excluding hydrogens is 202 g/mol. The van der Waals surface area contributed by atoms with Crippen LogP contribution in [0.25, 0.3) is 0 Å². The van der Waals surface area contributed by atoms with Crippen LogP contribution in [-0.4, -0.2) is 11.7 Å². The van der Waals surface area contributed by atoms with Gasteiger partial charge in [-0.15, -0.1) is 12.4 Å². The lowest BCUT2D eigenvalue weighted by Gasteiger charge is -2.07. The molecule has 14 heavy (non-hydrogen) atoms. The van der Waals surface area contributed by atoms with Crippen molar-refractivity contribution >= 4 is 12.4 Å². The van der Waals surface area contributed by atoms with Gasteiger partial charge in [0.25, 0.3) is 0 Å². The second-order valence-electron chi connectivity index (χ2n) is 2.85. The van der Waals surface area contributed by atoms with Crippen LogP contribution < -0.4 is 10.5 Å². The van der Waals surface area contributed by atoms with Gasteiger partial charge in [0.1, 0.15) is 0 Å². The number of phenols is 1. The van der Waals surface area contributed by atoms with E-state index < -0.39 is 0 Å². The largest absolute Gasteiger partial charge is 0.504 e. The number of halogens is 1. The molecule has 80 valence electrons. The molecule has 1 rings (SSSR count). The van der Waals surface area contributed by atoms with E-state index in [1.54, 1.807) is 12.1 Å². The molecule has 0 aromatic heterocycles. The number of phenolic OH excluding ortho intramolecular Hbond substituents is 1. The quantitative estimate of drug-likeness (QED) is 0.812. The van der Waals surface area contributed by atoms with Crippen molar-refractivity contribution in [2.75, 3.05) is 6.61 Å². The fourth-order valence-electron chi connectivity index (χ4n) is 1.02. The molecule has 0 bridgehead atoms. The Hall–Kier alpha value is -0.930.